The van der Waals surface area contributed by atoms with E-state index >= 15 is 0 Å². The van der Waals surface area contributed by atoms with Crippen molar-refractivity contribution in [3.63, 3.8) is 0 Å². The largest absolute Gasteiger partial charge is 0.480 e. The number of carbonyl (C=O) groups is 8. The van der Waals surface area contributed by atoms with Gasteiger partial charge in [-0.2, -0.15) is 0 Å². The first kappa shape index (κ1) is 43.7. The Balaban J connectivity index is 5.63. The monoisotopic (exact) mass is 684 g/mol. The highest BCUT2D eigenvalue weighted by Crippen LogP contribution is 2.10. The first-order valence-electron chi connectivity index (χ1n) is 16.2. The van der Waals surface area contributed by atoms with Gasteiger partial charge in [0.25, 0.3) is 0 Å². The normalized spacial score (nSPS) is 15.6. The van der Waals surface area contributed by atoms with Crippen LogP contribution in [0.3, 0.4) is 0 Å². The van der Waals surface area contributed by atoms with Gasteiger partial charge < -0.3 is 48.5 Å². The highest BCUT2D eigenvalue weighted by molar-refractivity contribution is 5.96. The second-order valence-corrected chi connectivity index (χ2v) is 13.0. The molecule has 11 N–H and O–H groups in total. The summed E-state index contributed by atoms with van der Waals surface area (Å²) in [5.41, 5.74) is 11.1. The second-order valence-electron chi connectivity index (χ2n) is 13.0. The van der Waals surface area contributed by atoms with Crippen LogP contribution in [0, 0.1) is 23.7 Å². The van der Waals surface area contributed by atoms with Crippen molar-refractivity contribution in [2.24, 2.45) is 35.1 Å². The van der Waals surface area contributed by atoms with E-state index in [2.05, 4.69) is 31.9 Å². The van der Waals surface area contributed by atoms with Gasteiger partial charge in [-0.3, -0.25) is 33.6 Å². The minimum atomic E-state index is -1.34. The average Bonchev–Trinajstić information content (AvgIpc) is 2.99. The van der Waals surface area contributed by atoms with E-state index in [9.17, 15) is 43.5 Å². The molecule has 0 aliphatic heterocycles. The Bertz CT molecular complexity index is 1160. The Labute approximate surface area is 282 Å². The lowest BCUT2D eigenvalue weighted by molar-refractivity contribution is -0.144. The molecule has 0 aliphatic carbocycles. The molecule has 48 heavy (non-hydrogen) atoms. The van der Waals surface area contributed by atoms with E-state index in [1.165, 1.54) is 6.92 Å². The van der Waals surface area contributed by atoms with Crippen molar-refractivity contribution >= 4 is 47.3 Å². The quantitative estimate of drug-likeness (QED) is 0.0656. The van der Waals surface area contributed by atoms with E-state index in [4.69, 9.17) is 11.5 Å². The van der Waals surface area contributed by atoms with Gasteiger partial charge in [-0.25, -0.2) is 4.79 Å². The molecule has 0 aromatic rings. The number of aliphatic carboxylic acids is 1. The van der Waals surface area contributed by atoms with Gasteiger partial charge in [0.15, 0.2) is 0 Å². The minimum Gasteiger partial charge on any atom is -0.480 e. The van der Waals surface area contributed by atoms with Gasteiger partial charge in [-0.15, -0.1) is 0 Å². The molecule has 17 nitrogen and oxygen atoms in total. The van der Waals surface area contributed by atoms with Crippen LogP contribution < -0.4 is 43.4 Å². The maximum Gasteiger partial charge on any atom is 0.326 e. The van der Waals surface area contributed by atoms with Crippen molar-refractivity contribution in [1.82, 2.24) is 31.9 Å². The molecule has 7 atom stereocenters. The molecule has 0 bridgehead atoms. The number of primary amides is 1. The van der Waals surface area contributed by atoms with Crippen molar-refractivity contribution in [2.75, 3.05) is 6.54 Å². The number of hydrogen-bond acceptors (Lipinski definition) is 9. The number of amides is 7. The summed E-state index contributed by atoms with van der Waals surface area (Å²) in [6.07, 6.45) is 0.139. The van der Waals surface area contributed by atoms with Gasteiger partial charge in [0.1, 0.15) is 30.2 Å². The molecule has 0 aromatic carbocycles. The number of carboxylic acids is 1. The summed E-state index contributed by atoms with van der Waals surface area (Å²) >= 11 is 0. The summed E-state index contributed by atoms with van der Waals surface area (Å²) in [5, 5.41) is 24.3. The first-order valence-corrected chi connectivity index (χ1v) is 16.2. The number of carbonyl (C=O) groups excluding carboxylic acids is 7. The lowest BCUT2D eigenvalue weighted by Gasteiger charge is -2.29. The molecule has 0 fully saturated rings. The standard InChI is InChI=1S/C31H56N8O9/c1-10-17(8)22(33)28(44)35-18(9)26(42)34-13-21(41)36-19(11-12-20(32)40)27(43)37-23(14(2)3)29(45)38-24(15(4)5)30(46)39-25(16(6)7)31(47)48/h14-19,22-25H,10-13,33H2,1-9H3,(H2,32,40)(H,34,42)(H,35,44)(H,36,41)(H,37,43)(H,38,45)(H,39,46)(H,47,48). The zero-order chi connectivity index (χ0) is 37.5. The van der Waals surface area contributed by atoms with E-state index < -0.39 is 108 Å². The van der Waals surface area contributed by atoms with Crippen LogP contribution in [-0.2, 0) is 38.4 Å². The zero-order valence-electron chi connectivity index (χ0n) is 29.5. The van der Waals surface area contributed by atoms with E-state index in [0.29, 0.717) is 6.42 Å². The van der Waals surface area contributed by atoms with Crippen LogP contribution in [0.4, 0.5) is 0 Å². The number of nitrogens with two attached hydrogens (primary N) is 2. The molecule has 0 radical (unpaired) electrons. The van der Waals surface area contributed by atoms with Crippen LogP contribution in [0.25, 0.3) is 0 Å². The Morgan fingerprint density at radius 1 is 0.625 bits per heavy atom. The molecule has 17 heteroatoms. The summed E-state index contributed by atoms with van der Waals surface area (Å²) < 4.78 is 0. The molecule has 0 aromatic heterocycles. The molecule has 0 rings (SSSR count). The summed E-state index contributed by atoms with van der Waals surface area (Å²) in [5.74, 6) is -7.78. The average molecular weight is 685 g/mol. The van der Waals surface area contributed by atoms with Gasteiger partial charge >= 0.3 is 5.97 Å². The van der Waals surface area contributed by atoms with E-state index in [1.807, 2.05) is 6.92 Å². The molecular weight excluding hydrogens is 628 g/mol. The Kier molecular flexibility index (Phi) is 19.0. The Morgan fingerprint density at radius 3 is 1.50 bits per heavy atom. The number of rotatable bonds is 21. The van der Waals surface area contributed by atoms with Crippen molar-refractivity contribution in [1.29, 1.82) is 0 Å². The third-order valence-corrected chi connectivity index (χ3v) is 7.79. The fraction of sp³-hybridized carbons (Fsp3) is 0.742. The minimum absolute atomic E-state index is 0.117. The van der Waals surface area contributed by atoms with Gasteiger partial charge in [0.05, 0.1) is 12.6 Å². The van der Waals surface area contributed by atoms with Crippen LogP contribution in [0.15, 0.2) is 0 Å². The second kappa shape index (κ2) is 20.8. The van der Waals surface area contributed by atoms with Crippen LogP contribution in [-0.4, -0.2) is 95.2 Å². The van der Waals surface area contributed by atoms with Gasteiger partial charge in [0.2, 0.25) is 41.4 Å². The fourth-order valence-electron chi connectivity index (χ4n) is 4.33. The van der Waals surface area contributed by atoms with Crippen molar-refractivity contribution in [3.05, 3.63) is 0 Å². The van der Waals surface area contributed by atoms with E-state index in [0.717, 1.165) is 0 Å². The number of hydrogen-bond donors (Lipinski definition) is 9. The van der Waals surface area contributed by atoms with E-state index in [1.54, 1.807) is 48.5 Å². The fourth-order valence-corrected chi connectivity index (χ4v) is 4.33. The van der Waals surface area contributed by atoms with Crippen LogP contribution >= 0.6 is 0 Å². The summed E-state index contributed by atoms with van der Waals surface area (Å²) in [7, 11) is 0. The summed E-state index contributed by atoms with van der Waals surface area (Å²) in [6, 6.07) is -6.71. The molecule has 7 amide bonds. The van der Waals surface area contributed by atoms with Crippen molar-refractivity contribution in [2.45, 2.75) is 118 Å². The third kappa shape index (κ3) is 15.1. The Hall–Kier alpha value is -4.28. The maximum atomic E-state index is 13.3. The lowest BCUT2D eigenvalue weighted by atomic mass is 9.98. The molecule has 7 unspecified atom stereocenters. The summed E-state index contributed by atoms with van der Waals surface area (Å²) in [4.78, 5) is 100. The van der Waals surface area contributed by atoms with Crippen molar-refractivity contribution < 1.29 is 43.5 Å². The smallest absolute Gasteiger partial charge is 0.326 e. The molecule has 0 aliphatic rings. The lowest BCUT2D eigenvalue weighted by Crippen LogP contribution is -2.60. The van der Waals surface area contributed by atoms with Crippen molar-refractivity contribution in [3.8, 4) is 0 Å². The number of carboxylic acid groups (broad SMARTS) is 1. The molecule has 0 spiro atoms. The van der Waals surface area contributed by atoms with Crippen LogP contribution in [0.2, 0.25) is 0 Å². The topological polar surface area (TPSA) is 281 Å². The van der Waals surface area contributed by atoms with Gasteiger partial charge in [-0.05, 0) is 37.0 Å². The molecule has 274 valence electrons. The maximum absolute atomic E-state index is 13.3. The first-order chi connectivity index (χ1) is 22.1. The molecule has 0 heterocycles. The van der Waals surface area contributed by atoms with Gasteiger partial charge in [0, 0.05) is 6.42 Å². The zero-order valence-corrected chi connectivity index (χ0v) is 29.5. The van der Waals surface area contributed by atoms with Crippen LogP contribution in [0.1, 0.15) is 81.6 Å². The SMILES string of the molecule is CCC(C)C(N)C(=O)NC(C)C(=O)NCC(=O)NC(CCC(N)=O)C(=O)NC(C(=O)NC(C(=O)NC(C(=O)O)C(C)C)C(C)C)C(C)C. The molecule has 0 saturated carbocycles. The van der Waals surface area contributed by atoms with E-state index in [-0.39, 0.29) is 18.8 Å². The summed E-state index contributed by atoms with van der Waals surface area (Å²) in [6.45, 7) is 14.3. The number of nitrogens with one attached hydrogen (secondary N) is 6. The third-order valence-electron chi connectivity index (χ3n) is 7.79. The highest BCUT2D eigenvalue weighted by Gasteiger charge is 2.34. The predicted molar refractivity (Wildman–Crippen MR) is 176 cm³/mol. The molecule has 0 saturated heterocycles. The predicted octanol–water partition coefficient (Wildman–Crippen LogP) is -1.76. The van der Waals surface area contributed by atoms with Gasteiger partial charge in [-0.1, -0.05) is 61.8 Å². The highest BCUT2D eigenvalue weighted by atomic mass is 16.4. The molecular formula is C31H56N8O9. The Morgan fingerprint density at radius 2 is 1.08 bits per heavy atom. The van der Waals surface area contributed by atoms with Crippen LogP contribution in [0.5, 0.6) is 0 Å².